The number of nitrogens with zero attached hydrogens (tertiary/aromatic N) is 2. The number of hydrogen-bond donors (Lipinski definition) is 1. The molecule has 0 bridgehead atoms. The summed E-state index contributed by atoms with van der Waals surface area (Å²) in [7, 11) is 0. The molecule has 0 saturated heterocycles. The Labute approximate surface area is 125 Å². The third-order valence-electron chi connectivity index (χ3n) is 4.00. The van der Waals surface area contributed by atoms with E-state index in [1.54, 1.807) is 0 Å². The molecule has 0 aromatic heterocycles. The van der Waals surface area contributed by atoms with Gasteiger partial charge in [-0.15, -0.1) is 0 Å². The summed E-state index contributed by atoms with van der Waals surface area (Å²) in [6.45, 7) is 6.60. The van der Waals surface area contributed by atoms with Crippen molar-refractivity contribution in [2.45, 2.75) is 58.3 Å². The van der Waals surface area contributed by atoms with Gasteiger partial charge in [0.1, 0.15) is 13.1 Å². The summed E-state index contributed by atoms with van der Waals surface area (Å²) in [6.07, 6.45) is 13.0. The zero-order valence-corrected chi connectivity index (χ0v) is 13.2. The lowest BCUT2D eigenvalue weighted by Gasteiger charge is -2.29. The Hall–Kier alpha value is -0.120. The van der Waals surface area contributed by atoms with Crippen LogP contribution in [0, 0.1) is 0 Å². The van der Waals surface area contributed by atoms with Crippen molar-refractivity contribution >= 4 is 6.34 Å². The highest BCUT2D eigenvalue weighted by Gasteiger charge is 2.27. The number of rotatable bonds is 11. The summed E-state index contributed by atoms with van der Waals surface area (Å²) >= 11 is 0. The Kier molecular flexibility index (Phi) is 11.6. The van der Waals surface area contributed by atoms with Crippen LogP contribution in [0.15, 0.2) is 4.99 Å². The lowest BCUT2D eigenvalue weighted by molar-refractivity contribution is -0.829. The molecule has 1 atom stereocenters. The van der Waals surface area contributed by atoms with E-state index in [9.17, 15) is 0 Å². The highest BCUT2D eigenvalue weighted by molar-refractivity contribution is 5.48. The largest absolute Gasteiger partial charge is 1.00 e. The van der Waals surface area contributed by atoms with E-state index in [1.165, 1.54) is 57.9 Å². The Morgan fingerprint density at radius 3 is 2.16 bits per heavy atom. The van der Waals surface area contributed by atoms with Gasteiger partial charge in [-0.1, -0.05) is 45.4 Å². The third-order valence-corrected chi connectivity index (χ3v) is 4.00. The summed E-state index contributed by atoms with van der Waals surface area (Å²) in [5, 5.41) is 9.14. The van der Waals surface area contributed by atoms with Gasteiger partial charge >= 0.3 is 0 Å². The number of aliphatic hydroxyl groups is 1. The first-order chi connectivity index (χ1) is 8.83. The van der Waals surface area contributed by atoms with Crippen LogP contribution in [0.2, 0.25) is 0 Å². The second-order valence-corrected chi connectivity index (χ2v) is 5.61. The summed E-state index contributed by atoms with van der Waals surface area (Å²) in [4.78, 5) is 4.34. The average Bonchev–Trinajstić information content (AvgIpc) is 2.82. The zero-order valence-electron chi connectivity index (χ0n) is 12.5. The van der Waals surface area contributed by atoms with Crippen molar-refractivity contribution in [1.82, 2.24) is 0 Å². The fraction of sp³-hybridized carbons (Fsp3) is 0.933. The Morgan fingerprint density at radius 2 is 1.63 bits per heavy atom. The fourth-order valence-electron chi connectivity index (χ4n) is 2.76. The molecule has 1 aliphatic heterocycles. The topological polar surface area (TPSA) is 32.6 Å². The number of unbranched alkanes of at least 4 members (excludes halogenated alkanes) is 7. The molecule has 1 unspecified atom stereocenters. The molecule has 0 saturated carbocycles. The maximum atomic E-state index is 9.14. The molecule has 0 aromatic rings. The second-order valence-electron chi connectivity index (χ2n) is 5.61. The maximum absolute atomic E-state index is 9.14. The summed E-state index contributed by atoms with van der Waals surface area (Å²) in [5.74, 6) is 0. The highest BCUT2D eigenvalue weighted by atomic mass is 35.5. The van der Waals surface area contributed by atoms with Crippen LogP contribution in [0.5, 0.6) is 0 Å². The Bertz CT molecular complexity index is 236. The molecule has 0 spiro atoms. The molecule has 1 N–H and O–H groups in total. The third kappa shape index (κ3) is 7.91. The fourth-order valence-corrected chi connectivity index (χ4v) is 2.76. The van der Waals surface area contributed by atoms with E-state index in [0.717, 1.165) is 24.1 Å². The number of aliphatic imine (C=N–C) groups is 1. The first-order valence-electron chi connectivity index (χ1n) is 7.80. The minimum atomic E-state index is 0. The molecule has 3 nitrogen and oxygen atoms in total. The van der Waals surface area contributed by atoms with Gasteiger partial charge in [0.2, 0.25) is 0 Å². The van der Waals surface area contributed by atoms with Crippen LogP contribution in [0.3, 0.4) is 0 Å². The van der Waals surface area contributed by atoms with Gasteiger partial charge in [-0.05, 0) is 12.8 Å². The Morgan fingerprint density at radius 1 is 1.00 bits per heavy atom. The Balaban J connectivity index is 0.00000324. The predicted octanol–water partition coefficient (Wildman–Crippen LogP) is -0.0179. The molecule has 1 heterocycles. The molecule has 0 radical (unpaired) electrons. The summed E-state index contributed by atoms with van der Waals surface area (Å²) < 4.78 is 0.923. The second kappa shape index (κ2) is 11.7. The van der Waals surface area contributed by atoms with E-state index in [2.05, 4.69) is 18.3 Å². The first-order valence-corrected chi connectivity index (χ1v) is 7.80. The molecule has 0 aromatic carbocycles. The minimum absolute atomic E-state index is 0. The van der Waals surface area contributed by atoms with Crippen molar-refractivity contribution in [3.8, 4) is 0 Å². The van der Waals surface area contributed by atoms with Crippen LogP contribution >= 0.6 is 0 Å². The van der Waals surface area contributed by atoms with E-state index in [4.69, 9.17) is 5.11 Å². The number of halogens is 1. The molecule has 1 aliphatic rings. The molecule has 4 heteroatoms. The summed E-state index contributed by atoms with van der Waals surface area (Å²) in [6, 6.07) is 0. The van der Waals surface area contributed by atoms with Crippen LogP contribution in [0.4, 0.5) is 0 Å². The molecular formula is C15H31ClN2O. The molecule has 0 fully saturated rings. The average molecular weight is 291 g/mol. The van der Waals surface area contributed by atoms with Gasteiger partial charge in [-0.25, -0.2) is 4.99 Å². The minimum Gasteiger partial charge on any atom is -1.00 e. The predicted molar refractivity (Wildman–Crippen MR) is 77.9 cm³/mol. The van der Waals surface area contributed by atoms with E-state index in [-0.39, 0.29) is 19.0 Å². The van der Waals surface area contributed by atoms with Gasteiger partial charge < -0.3 is 17.5 Å². The van der Waals surface area contributed by atoms with E-state index < -0.39 is 0 Å². The molecule has 0 amide bonds. The number of hydrogen-bond acceptors (Lipinski definition) is 2. The van der Waals surface area contributed by atoms with E-state index in [1.807, 2.05) is 0 Å². The lowest BCUT2D eigenvalue weighted by Crippen LogP contribution is -3.00. The number of aliphatic hydroxyl groups excluding tert-OH is 1. The SMILES string of the molecule is CCCCCCCCCC[N+]1(CCO)C=NCC1.[Cl-]. The standard InChI is InChI=1S/C15H31N2O.ClH/c1-2-3-4-5-6-7-8-9-11-17(13-14-18)12-10-16-15-17;/h15,18H,2-14H2,1H3;1H/q+1;/p-1. The smallest absolute Gasteiger partial charge is 0.185 e. The maximum Gasteiger partial charge on any atom is 0.185 e. The van der Waals surface area contributed by atoms with Crippen LogP contribution < -0.4 is 12.4 Å². The van der Waals surface area contributed by atoms with Crippen molar-refractivity contribution in [3.63, 3.8) is 0 Å². The van der Waals surface area contributed by atoms with Gasteiger partial charge in [0.25, 0.3) is 0 Å². The summed E-state index contributed by atoms with van der Waals surface area (Å²) in [5.41, 5.74) is 0. The lowest BCUT2D eigenvalue weighted by atomic mass is 10.1. The molecule has 0 aliphatic carbocycles. The van der Waals surface area contributed by atoms with Gasteiger partial charge in [0.05, 0.1) is 19.7 Å². The van der Waals surface area contributed by atoms with Crippen LogP contribution in [-0.4, -0.2) is 48.7 Å². The first kappa shape index (κ1) is 18.9. The molecular weight excluding hydrogens is 260 g/mol. The van der Waals surface area contributed by atoms with Crippen LogP contribution in [0.1, 0.15) is 58.3 Å². The molecule has 114 valence electrons. The molecule has 19 heavy (non-hydrogen) atoms. The van der Waals surface area contributed by atoms with Crippen molar-refractivity contribution in [2.75, 3.05) is 32.8 Å². The van der Waals surface area contributed by atoms with Crippen molar-refractivity contribution in [2.24, 2.45) is 4.99 Å². The quantitative estimate of drug-likeness (QED) is 0.421. The van der Waals surface area contributed by atoms with E-state index >= 15 is 0 Å². The van der Waals surface area contributed by atoms with Gasteiger partial charge in [0.15, 0.2) is 6.34 Å². The van der Waals surface area contributed by atoms with Crippen molar-refractivity contribution in [3.05, 3.63) is 0 Å². The van der Waals surface area contributed by atoms with Crippen LogP contribution in [0.25, 0.3) is 0 Å². The van der Waals surface area contributed by atoms with Crippen molar-refractivity contribution in [1.29, 1.82) is 0 Å². The molecule has 1 rings (SSSR count). The number of quaternary nitrogens is 1. The van der Waals surface area contributed by atoms with Crippen LogP contribution in [-0.2, 0) is 0 Å². The monoisotopic (exact) mass is 290 g/mol. The van der Waals surface area contributed by atoms with Gasteiger partial charge in [-0.2, -0.15) is 0 Å². The highest BCUT2D eigenvalue weighted by Crippen LogP contribution is 2.13. The van der Waals surface area contributed by atoms with Gasteiger partial charge in [0, 0.05) is 0 Å². The zero-order chi connectivity index (χ0) is 13.1. The normalized spacial score (nSPS) is 21.6. The van der Waals surface area contributed by atoms with Gasteiger partial charge in [-0.3, -0.25) is 4.48 Å². The van der Waals surface area contributed by atoms with E-state index in [0.29, 0.717) is 0 Å². The van der Waals surface area contributed by atoms with Crippen molar-refractivity contribution < 1.29 is 22.0 Å².